The summed E-state index contributed by atoms with van der Waals surface area (Å²) < 4.78 is 10.4. The predicted octanol–water partition coefficient (Wildman–Crippen LogP) is -0.777. The molecular formula is C19H29NO9. The van der Waals surface area contributed by atoms with Crippen molar-refractivity contribution in [2.45, 2.75) is 69.7 Å². The minimum atomic E-state index is -1.82. The van der Waals surface area contributed by atoms with Crippen LogP contribution >= 0.6 is 0 Å². The molecule has 0 bridgehead atoms. The molecule has 3 unspecified atom stereocenters. The number of benzene rings is 1. The third kappa shape index (κ3) is 6.09. The number of rotatable bonds is 7. The first kappa shape index (κ1) is 23.5. The number of hydrogen-bond acceptors (Lipinski definition) is 9. The molecule has 1 heterocycles. The lowest BCUT2D eigenvalue weighted by Gasteiger charge is -2.38. The third-order valence-corrected chi connectivity index (χ3v) is 4.53. The van der Waals surface area contributed by atoms with Gasteiger partial charge >= 0.3 is 5.97 Å². The molecule has 1 aliphatic rings. The molecule has 29 heavy (non-hydrogen) atoms. The first-order valence-electron chi connectivity index (χ1n) is 9.19. The number of carboxylic acid groups (broad SMARTS) is 1. The van der Waals surface area contributed by atoms with Crippen LogP contribution in [0, 0.1) is 0 Å². The minimum absolute atomic E-state index is 0.134. The number of ether oxygens (including phenoxy) is 2. The molecular weight excluding hydrogens is 386 g/mol. The molecule has 10 heteroatoms. The van der Waals surface area contributed by atoms with E-state index in [9.17, 15) is 30.3 Å². The summed E-state index contributed by atoms with van der Waals surface area (Å²) in [4.78, 5) is 11.1. The molecule has 1 aromatic rings. The van der Waals surface area contributed by atoms with Crippen molar-refractivity contribution < 1.29 is 44.9 Å². The SMILES string of the molecule is CC(C)(C)NCC(O)c1ccc(O)c(CO[C@@H]2OC(C(=O)O)[C@@H](O)[C@H](O)C2O)c1. The fourth-order valence-corrected chi connectivity index (χ4v) is 2.81. The molecule has 0 aromatic heterocycles. The molecule has 0 radical (unpaired) electrons. The van der Waals surface area contributed by atoms with Crippen LogP contribution in [0.15, 0.2) is 18.2 Å². The Morgan fingerprint density at radius 1 is 1.21 bits per heavy atom. The maximum atomic E-state index is 11.1. The number of aliphatic hydroxyl groups excluding tert-OH is 4. The molecule has 0 spiro atoms. The number of phenolic OH excluding ortho intramolecular Hbond substituents is 1. The highest BCUT2D eigenvalue weighted by atomic mass is 16.7. The monoisotopic (exact) mass is 415 g/mol. The van der Waals surface area contributed by atoms with Gasteiger partial charge in [0.1, 0.15) is 24.1 Å². The van der Waals surface area contributed by atoms with Crippen molar-refractivity contribution in [3.63, 3.8) is 0 Å². The Bertz CT molecular complexity index is 705. The third-order valence-electron chi connectivity index (χ3n) is 4.53. The van der Waals surface area contributed by atoms with Crippen molar-refractivity contribution >= 4 is 5.97 Å². The lowest BCUT2D eigenvalue weighted by atomic mass is 9.99. The molecule has 2 rings (SSSR count). The number of β-amino-alcohol motifs (C(OH)–C–C–N with tert-alkyl or cyclic N) is 1. The second-order valence-corrected chi connectivity index (χ2v) is 8.08. The van der Waals surface area contributed by atoms with Crippen LogP contribution in [0.3, 0.4) is 0 Å². The molecule has 0 saturated carbocycles. The summed E-state index contributed by atoms with van der Waals surface area (Å²) in [6, 6.07) is 4.45. The number of phenols is 1. The normalized spacial score (nSPS) is 28.9. The van der Waals surface area contributed by atoms with Gasteiger partial charge in [0.15, 0.2) is 12.4 Å². The van der Waals surface area contributed by atoms with Crippen LogP contribution in [0.2, 0.25) is 0 Å². The Morgan fingerprint density at radius 2 is 1.86 bits per heavy atom. The molecule has 1 fully saturated rings. The zero-order valence-corrected chi connectivity index (χ0v) is 16.5. The van der Waals surface area contributed by atoms with E-state index in [1.165, 1.54) is 12.1 Å². The molecule has 1 aliphatic heterocycles. The average molecular weight is 415 g/mol. The molecule has 164 valence electrons. The van der Waals surface area contributed by atoms with E-state index >= 15 is 0 Å². The molecule has 7 N–H and O–H groups in total. The molecule has 0 aliphatic carbocycles. The van der Waals surface area contributed by atoms with Crippen molar-refractivity contribution in [3.05, 3.63) is 29.3 Å². The summed E-state index contributed by atoms with van der Waals surface area (Å²) in [5.41, 5.74) is 0.590. The Kier molecular flexibility index (Phi) is 7.57. The van der Waals surface area contributed by atoms with Crippen molar-refractivity contribution in [1.29, 1.82) is 0 Å². The summed E-state index contributed by atoms with van der Waals surface area (Å²) in [7, 11) is 0. The Balaban J connectivity index is 2.07. The van der Waals surface area contributed by atoms with Crippen molar-refractivity contribution in [3.8, 4) is 5.75 Å². The van der Waals surface area contributed by atoms with Gasteiger partial charge in [0.25, 0.3) is 0 Å². The number of aromatic hydroxyl groups is 1. The van der Waals surface area contributed by atoms with E-state index in [1.54, 1.807) is 6.07 Å². The van der Waals surface area contributed by atoms with Crippen LogP contribution < -0.4 is 5.32 Å². The highest BCUT2D eigenvalue weighted by molar-refractivity contribution is 5.73. The second-order valence-electron chi connectivity index (χ2n) is 8.08. The molecule has 10 nitrogen and oxygen atoms in total. The van der Waals surface area contributed by atoms with Crippen LogP contribution in [-0.4, -0.2) is 79.4 Å². The van der Waals surface area contributed by atoms with Crippen LogP contribution in [0.4, 0.5) is 0 Å². The maximum absolute atomic E-state index is 11.1. The second kappa shape index (κ2) is 9.35. The smallest absolute Gasteiger partial charge is 0.335 e. The van der Waals surface area contributed by atoms with Crippen molar-refractivity contribution in [2.75, 3.05) is 6.54 Å². The molecule has 6 atom stereocenters. The number of carboxylic acids is 1. The Morgan fingerprint density at radius 3 is 2.45 bits per heavy atom. The van der Waals surface area contributed by atoms with Gasteiger partial charge < -0.3 is 45.4 Å². The largest absolute Gasteiger partial charge is 0.508 e. The van der Waals surface area contributed by atoms with E-state index < -0.39 is 42.8 Å². The Labute approximate surface area is 168 Å². The summed E-state index contributed by atoms with van der Waals surface area (Å²) in [5.74, 6) is -1.65. The average Bonchev–Trinajstić information content (AvgIpc) is 2.64. The van der Waals surface area contributed by atoms with Gasteiger partial charge in [-0.15, -0.1) is 0 Å². The minimum Gasteiger partial charge on any atom is -0.508 e. The van der Waals surface area contributed by atoms with Crippen LogP contribution in [0.25, 0.3) is 0 Å². The van der Waals surface area contributed by atoms with Crippen LogP contribution in [0.1, 0.15) is 38.0 Å². The van der Waals surface area contributed by atoms with E-state index in [0.717, 1.165) is 0 Å². The van der Waals surface area contributed by atoms with Gasteiger partial charge in [-0.2, -0.15) is 0 Å². The van der Waals surface area contributed by atoms with Crippen LogP contribution in [0.5, 0.6) is 5.75 Å². The van der Waals surface area contributed by atoms with E-state index in [-0.39, 0.29) is 30.0 Å². The standard InChI is InChI=1S/C19H29NO9/c1-19(2,3)20-7-12(22)9-4-5-11(21)10(6-9)8-28-18-15(25)13(23)14(24)16(29-18)17(26)27/h4-6,12-16,18,20-25H,7-8H2,1-3H3,(H,26,27)/t12?,13-,14-,15?,16?,18+/m0/s1. The summed E-state index contributed by atoms with van der Waals surface area (Å²) in [6.45, 7) is 5.86. The lowest BCUT2D eigenvalue weighted by Crippen LogP contribution is -2.60. The summed E-state index contributed by atoms with van der Waals surface area (Å²) in [6.07, 6.45) is -9.44. The zero-order valence-electron chi connectivity index (χ0n) is 16.5. The number of hydrogen-bond donors (Lipinski definition) is 7. The van der Waals surface area contributed by atoms with E-state index in [2.05, 4.69) is 5.32 Å². The lowest BCUT2D eigenvalue weighted by molar-refractivity contribution is -0.297. The summed E-state index contributed by atoms with van der Waals surface area (Å²) >= 11 is 0. The molecule has 1 saturated heterocycles. The van der Waals surface area contributed by atoms with Gasteiger partial charge in [-0.05, 0) is 38.5 Å². The van der Waals surface area contributed by atoms with Crippen molar-refractivity contribution in [2.24, 2.45) is 0 Å². The quantitative estimate of drug-likeness (QED) is 0.300. The number of nitrogens with one attached hydrogen (secondary N) is 1. The number of aliphatic hydroxyl groups is 4. The number of aliphatic carboxylic acids is 1. The van der Waals surface area contributed by atoms with E-state index in [4.69, 9.17) is 14.6 Å². The predicted molar refractivity (Wildman–Crippen MR) is 99.9 cm³/mol. The first-order chi connectivity index (χ1) is 13.4. The fourth-order valence-electron chi connectivity index (χ4n) is 2.81. The van der Waals surface area contributed by atoms with Gasteiger partial charge in [-0.1, -0.05) is 6.07 Å². The van der Waals surface area contributed by atoms with Crippen molar-refractivity contribution in [1.82, 2.24) is 5.32 Å². The van der Waals surface area contributed by atoms with Gasteiger partial charge in [0, 0.05) is 17.6 Å². The Hall–Kier alpha value is -1.79. The van der Waals surface area contributed by atoms with Crippen LogP contribution in [-0.2, 0) is 20.9 Å². The molecule has 0 amide bonds. The maximum Gasteiger partial charge on any atom is 0.335 e. The molecule has 1 aromatic carbocycles. The fraction of sp³-hybridized carbons (Fsp3) is 0.632. The highest BCUT2D eigenvalue weighted by Gasteiger charge is 2.47. The highest BCUT2D eigenvalue weighted by Crippen LogP contribution is 2.27. The van der Waals surface area contributed by atoms with Gasteiger partial charge in [0.2, 0.25) is 0 Å². The zero-order chi connectivity index (χ0) is 21.9. The topological polar surface area (TPSA) is 169 Å². The van der Waals surface area contributed by atoms with E-state index in [0.29, 0.717) is 5.56 Å². The first-order valence-corrected chi connectivity index (χ1v) is 9.19. The summed E-state index contributed by atoms with van der Waals surface area (Å²) in [5, 5.41) is 62.1. The number of carbonyl (C=O) groups is 1. The van der Waals surface area contributed by atoms with Gasteiger partial charge in [0.05, 0.1) is 12.7 Å². The van der Waals surface area contributed by atoms with E-state index in [1.807, 2.05) is 20.8 Å². The van der Waals surface area contributed by atoms with Gasteiger partial charge in [-0.3, -0.25) is 0 Å². The van der Waals surface area contributed by atoms with Gasteiger partial charge in [-0.25, -0.2) is 4.79 Å².